The van der Waals surface area contributed by atoms with Gasteiger partial charge in [0, 0.05) is 17.5 Å². The number of aliphatic hydroxyl groups excluding tert-OH is 1. The lowest BCUT2D eigenvalue weighted by molar-refractivity contribution is 0.266. The molecule has 0 radical (unpaired) electrons. The van der Waals surface area contributed by atoms with Gasteiger partial charge in [-0.3, -0.25) is 0 Å². The fourth-order valence-corrected chi connectivity index (χ4v) is 1.12. The maximum Gasteiger partial charge on any atom is 0.316 e. The molecule has 0 amide bonds. The molecule has 1 unspecified atom stereocenters. The van der Waals surface area contributed by atoms with Crippen LogP contribution < -0.4 is 10.5 Å². The van der Waals surface area contributed by atoms with Crippen LogP contribution in [-0.2, 0) is 0 Å². The minimum absolute atomic E-state index is 0.113. The molecule has 3 N–H and O–H groups in total. The summed E-state index contributed by atoms with van der Waals surface area (Å²) in [6.07, 6.45) is 1.59. The van der Waals surface area contributed by atoms with Gasteiger partial charge in [0.25, 0.3) is 0 Å². The first-order valence-corrected chi connectivity index (χ1v) is 4.51. The zero-order valence-electron chi connectivity index (χ0n) is 8.40. The summed E-state index contributed by atoms with van der Waals surface area (Å²) >= 11 is 0. The Morgan fingerprint density at radius 1 is 1.64 bits per heavy atom. The molecule has 1 atom stereocenters. The normalized spacial score (nSPS) is 12.6. The van der Waals surface area contributed by atoms with E-state index in [9.17, 15) is 0 Å². The zero-order chi connectivity index (χ0) is 10.6. The van der Waals surface area contributed by atoms with E-state index in [2.05, 4.69) is 9.97 Å². The number of hydrogen-bond donors (Lipinski definition) is 2. The van der Waals surface area contributed by atoms with Gasteiger partial charge >= 0.3 is 6.01 Å². The van der Waals surface area contributed by atoms with E-state index in [0.717, 1.165) is 11.3 Å². The van der Waals surface area contributed by atoms with Crippen LogP contribution in [0.5, 0.6) is 6.01 Å². The lowest BCUT2D eigenvalue weighted by Crippen LogP contribution is -2.17. The number of aromatic nitrogens is 2. The summed E-state index contributed by atoms with van der Waals surface area (Å²) < 4.78 is 5.13. The number of rotatable bonds is 4. The van der Waals surface area contributed by atoms with E-state index in [-0.39, 0.29) is 6.61 Å². The highest BCUT2D eigenvalue weighted by Gasteiger charge is 2.10. The van der Waals surface area contributed by atoms with Gasteiger partial charge in [-0.15, -0.1) is 0 Å². The fraction of sp³-hybridized carbons (Fsp3) is 0.556. The molecule has 0 aliphatic rings. The Bertz CT molecular complexity index is 304. The van der Waals surface area contributed by atoms with E-state index < -0.39 is 6.04 Å². The van der Waals surface area contributed by atoms with E-state index in [0.29, 0.717) is 12.6 Å². The van der Waals surface area contributed by atoms with Gasteiger partial charge in [-0.1, -0.05) is 0 Å². The molecule has 1 heterocycles. The molecule has 0 saturated carbocycles. The summed E-state index contributed by atoms with van der Waals surface area (Å²) in [6, 6.07) is -0.0791. The average molecular weight is 197 g/mol. The lowest BCUT2D eigenvalue weighted by Gasteiger charge is -2.11. The van der Waals surface area contributed by atoms with Crippen LogP contribution in [-0.4, -0.2) is 28.3 Å². The third kappa shape index (κ3) is 2.40. The van der Waals surface area contributed by atoms with Gasteiger partial charge in [-0.25, -0.2) is 9.97 Å². The fourth-order valence-electron chi connectivity index (χ4n) is 1.12. The third-order valence-electron chi connectivity index (χ3n) is 1.86. The number of aryl methyl sites for hydroxylation is 1. The first-order chi connectivity index (χ1) is 6.69. The second kappa shape index (κ2) is 4.88. The molecule has 1 aromatic rings. The minimum atomic E-state index is -0.425. The number of nitrogens with two attached hydrogens (primary N) is 1. The SMILES string of the molecule is CCOc1ncc(C(N)CO)c(C)n1. The van der Waals surface area contributed by atoms with Crippen molar-refractivity contribution in [1.82, 2.24) is 9.97 Å². The van der Waals surface area contributed by atoms with Gasteiger partial charge in [0.05, 0.1) is 19.3 Å². The lowest BCUT2D eigenvalue weighted by atomic mass is 10.1. The highest BCUT2D eigenvalue weighted by atomic mass is 16.5. The van der Waals surface area contributed by atoms with Crippen LogP contribution in [0.15, 0.2) is 6.20 Å². The van der Waals surface area contributed by atoms with Crippen molar-refractivity contribution in [2.75, 3.05) is 13.2 Å². The van der Waals surface area contributed by atoms with Crippen LogP contribution >= 0.6 is 0 Å². The minimum Gasteiger partial charge on any atom is -0.464 e. The summed E-state index contributed by atoms with van der Waals surface area (Å²) in [5.41, 5.74) is 7.14. The predicted octanol–water partition coefficient (Wildman–Crippen LogP) is 0.176. The van der Waals surface area contributed by atoms with Crippen molar-refractivity contribution >= 4 is 0 Å². The first-order valence-electron chi connectivity index (χ1n) is 4.51. The van der Waals surface area contributed by atoms with Crippen LogP contribution in [0.4, 0.5) is 0 Å². The van der Waals surface area contributed by atoms with Crippen molar-refractivity contribution in [1.29, 1.82) is 0 Å². The molecule has 0 aliphatic carbocycles. The van der Waals surface area contributed by atoms with E-state index >= 15 is 0 Å². The van der Waals surface area contributed by atoms with E-state index in [1.165, 1.54) is 0 Å². The van der Waals surface area contributed by atoms with Crippen LogP contribution in [0, 0.1) is 6.92 Å². The van der Waals surface area contributed by atoms with Crippen molar-refractivity contribution in [2.45, 2.75) is 19.9 Å². The summed E-state index contributed by atoms with van der Waals surface area (Å²) in [5.74, 6) is 0. The predicted molar refractivity (Wildman–Crippen MR) is 52.0 cm³/mol. The molecule has 0 bridgehead atoms. The van der Waals surface area contributed by atoms with Crippen LogP contribution in [0.2, 0.25) is 0 Å². The second-order valence-corrected chi connectivity index (χ2v) is 2.92. The van der Waals surface area contributed by atoms with Gasteiger partial charge in [-0.05, 0) is 13.8 Å². The molecule has 78 valence electrons. The zero-order valence-corrected chi connectivity index (χ0v) is 8.40. The van der Waals surface area contributed by atoms with Crippen molar-refractivity contribution in [2.24, 2.45) is 5.73 Å². The first kappa shape index (κ1) is 10.9. The van der Waals surface area contributed by atoms with E-state index in [4.69, 9.17) is 15.6 Å². The summed E-state index contributed by atoms with van der Waals surface area (Å²) in [6.45, 7) is 4.10. The quantitative estimate of drug-likeness (QED) is 0.719. The molecule has 0 aromatic carbocycles. The van der Waals surface area contributed by atoms with Gasteiger partial charge in [-0.2, -0.15) is 0 Å². The topological polar surface area (TPSA) is 81.3 Å². The van der Waals surface area contributed by atoms with Gasteiger partial charge < -0.3 is 15.6 Å². The molecule has 1 rings (SSSR count). The molecule has 0 spiro atoms. The van der Waals surface area contributed by atoms with Crippen molar-refractivity contribution in [3.63, 3.8) is 0 Å². The molecular formula is C9H15N3O2. The van der Waals surface area contributed by atoms with Crippen molar-refractivity contribution in [3.05, 3.63) is 17.5 Å². The monoisotopic (exact) mass is 197 g/mol. The highest BCUT2D eigenvalue weighted by molar-refractivity contribution is 5.21. The third-order valence-corrected chi connectivity index (χ3v) is 1.86. The van der Waals surface area contributed by atoms with Gasteiger partial charge in [0.2, 0.25) is 0 Å². The Kier molecular flexibility index (Phi) is 3.79. The smallest absolute Gasteiger partial charge is 0.316 e. The number of hydrogen-bond acceptors (Lipinski definition) is 5. The number of aliphatic hydroxyl groups is 1. The molecular weight excluding hydrogens is 182 g/mol. The molecule has 14 heavy (non-hydrogen) atoms. The Labute approximate surface area is 82.9 Å². The molecule has 1 aromatic heterocycles. The Balaban J connectivity index is 2.89. The highest BCUT2D eigenvalue weighted by Crippen LogP contribution is 2.14. The molecule has 0 aliphatic heterocycles. The molecule has 5 nitrogen and oxygen atoms in total. The Hall–Kier alpha value is -1.20. The van der Waals surface area contributed by atoms with Crippen molar-refractivity contribution in [3.8, 4) is 6.01 Å². The van der Waals surface area contributed by atoms with Crippen molar-refractivity contribution < 1.29 is 9.84 Å². The van der Waals surface area contributed by atoms with Crippen LogP contribution in [0.1, 0.15) is 24.2 Å². The maximum atomic E-state index is 8.87. The summed E-state index contributed by atoms with van der Waals surface area (Å²) in [4.78, 5) is 8.08. The van der Waals surface area contributed by atoms with Crippen LogP contribution in [0.25, 0.3) is 0 Å². The maximum absolute atomic E-state index is 8.87. The largest absolute Gasteiger partial charge is 0.464 e. The summed E-state index contributed by atoms with van der Waals surface area (Å²) in [5, 5.41) is 8.87. The van der Waals surface area contributed by atoms with Gasteiger partial charge in [0.1, 0.15) is 0 Å². The molecule has 5 heteroatoms. The van der Waals surface area contributed by atoms with Gasteiger partial charge in [0.15, 0.2) is 0 Å². The number of ether oxygens (including phenoxy) is 1. The molecule has 0 saturated heterocycles. The molecule has 0 fully saturated rings. The Morgan fingerprint density at radius 2 is 2.36 bits per heavy atom. The average Bonchev–Trinajstić information content (AvgIpc) is 2.17. The van der Waals surface area contributed by atoms with E-state index in [1.807, 2.05) is 13.8 Å². The standard InChI is InChI=1S/C9H15N3O2/c1-3-14-9-11-4-7(6(2)12-9)8(10)5-13/h4,8,13H,3,5,10H2,1-2H3. The van der Waals surface area contributed by atoms with E-state index in [1.54, 1.807) is 6.20 Å². The number of nitrogens with zero attached hydrogens (tertiary/aromatic N) is 2. The summed E-state index contributed by atoms with van der Waals surface area (Å²) in [7, 11) is 0. The second-order valence-electron chi connectivity index (χ2n) is 2.92. The Morgan fingerprint density at radius 3 is 2.86 bits per heavy atom. The van der Waals surface area contributed by atoms with Crippen LogP contribution in [0.3, 0.4) is 0 Å².